The van der Waals surface area contributed by atoms with Gasteiger partial charge in [-0.2, -0.15) is 5.10 Å². The Hall–Kier alpha value is -3.93. The number of phenols is 1. The van der Waals surface area contributed by atoms with Crippen molar-refractivity contribution in [3.05, 3.63) is 71.6 Å². The van der Waals surface area contributed by atoms with Gasteiger partial charge < -0.3 is 35.0 Å². The summed E-state index contributed by atoms with van der Waals surface area (Å²) >= 11 is 0. The number of amides is 1. The summed E-state index contributed by atoms with van der Waals surface area (Å²) in [7, 11) is 0. The van der Waals surface area contributed by atoms with Crippen molar-refractivity contribution >= 4 is 23.1 Å². The van der Waals surface area contributed by atoms with E-state index in [1.54, 1.807) is 47.1 Å². The fraction of sp³-hybridized carbons (Fsp3) is 0.485. The van der Waals surface area contributed by atoms with Gasteiger partial charge in [-0.25, -0.2) is 9.31 Å². The largest absolute Gasteiger partial charge is 0.508 e. The molecule has 1 saturated heterocycles. The van der Waals surface area contributed by atoms with Gasteiger partial charge in [0.2, 0.25) is 0 Å². The number of aromatic nitrogens is 2. The Balaban J connectivity index is 1.68. The summed E-state index contributed by atoms with van der Waals surface area (Å²) < 4.78 is 13.8. The number of anilines is 1. The van der Waals surface area contributed by atoms with Crippen LogP contribution in [0.3, 0.4) is 0 Å². The van der Waals surface area contributed by atoms with Crippen LogP contribution in [-0.2, 0) is 20.7 Å². The number of carboxylic acid groups (broad SMARTS) is 1. The van der Waals surface area contributed by atoms with E-state index in [4.69, 9.17) is 9.47 Å². The average Bonchev–Trinajstić information content (AvgIpc) is 3.38. The van der Waals surface area contributed by atoms with Gasteiger partial charge >= 0.3 is 5.97 Å². The molecule has 44 heavy (non-hydrogen) atoms. The number of fused-ring (bicyclic) bond motifs is 1. The summed E-state index contributed by atoms with van der Waals surface area (Å²) in [5, 5.41) is 38.1. The molecule has 238 valence electrons. The number of rotatable bonds is 12. The van der Waals surface area contributed by atoms with Crippen molar-refractivity contribution in [1.29, 1.82) is 0 Å². The van der Waals surface area contributed by atoms with Crippen LogP contribution in [0.4, 0.5) is 5.69 Å². The molecule has 1 aliphatic heterocycles. The number of para-hydroxylation sites is 1. The molecule has 0 radical (unpaired) electrons. The molecule has 2 atom stereocenters. The average molecular weight is 609 g/mol. The number of benzene rings is 1. The van der Waals surface area contributed by atoms with E-state index in [9.17, 15) is 24.9 Å². The molecular weight excluding hydrogens is 564 g/mol. The lowest BCUT2D eigenvalue weighted by molar-refractivity contribution is -0.160. The van der Waals surface area contributed by atoms with Crippen LogP contribution >= 0.6 is 0 Å². The van der Waals surface area contributed by atoms with Crippen molar-refractivity contribution in [3.8, 4) is 5.75 Å². The number of hydrogen-bond acceptors (Lipinski definition) is 8. The van der Waals surface area contributed by atoms with Gasteiger partial charge in [0.15, 0.2) is 11.8 Å². The zero-order valence-electron chi connectivity index (χ0n) is 26.2. The Kier molecular flexibility index (Phi) is 10.0. The first kappa shape index (κ1) is 33.0. The molecule has 3 aromatic rings. The molecule has 0 spiro atoms. The van der Waals surface area contributed by atoms with E-state index in [1.165, 1.54) is 0 Å². The van der Waals surface area contributed by atoms with Crippen LogP contribution in [0.5, 0.6) is 5.75 Å². The minimum absolute atomic E-state index is 0.0475. The molecule has 4 rings (SSSR count). The van der Waals surface area contributed by atoms with Crippen molar-refractivity contribution in [3.63, 3.8) is 0 Å². The third-order valence-corrected chi connectivity index (χ3v) is 7.80. The van der Waals surface area contributed by atoms with Gasteiger partial charge in [-0.05, 0) is 70.7 Å². The molecule has 2 aromatic heterocycles. The van der Waals surface area contributed by atoms with Crippen LogP contribution in [-0.4, -0.2) is 80.4 Å². The maximum Gasteiger partial charge on any atom is 0.337 e. The summed E-state index contributed by atoms with van der Waals surface area (Å²) in [6.45, 7) is 14.7. The zero-order valence-corrected chi connectivity index (χ0v) is 26.2. The van der Waals surface area contributed by atoms with Gasteiger partial charge in [0.25, 0.3) is 5.91 Å². The molecule has 1 aromatic carbocycles. The number of phenolic OH excluding ortho intramolecular Hbond substituents is 1. The fourth-order valence-electron chi connectivity index (χ4n) is 5.53. The number of aryl methyl sites for hydroxylation is 1. The minimum Gasteiger partial charge on any atom is -0.508 e. The lowest BCUT2D eigenvalue weighted by atomic mass is 9.91. The Labute approximate surface area is 258 Å². The number of carboxylic acids is 1. The maximum atomic E-state index is 13.2. The van der Waals surface area contributed by atoms with Crippen LogP contribution in [0.15, 0.2) is 49.2 Å². The molecule has 4 N–H and O–H groups in total. The van der Waals surface area contributed by atoms with Gasteiger partial charge in [-0.3, -0.25) is 4.79 Å². The van der Waals surface area contributed by atoms with E-state index in [-0.39, 0.29) is 30.0 Å². The number of aliphatic hydroxyl groups excluding tert-OH is 1. The third-order valence-electron chi connectivity index (χ3n) is 7.80. The second kappa shape index (κ2) is 13.4. The van der Waals surface area contributed by atoms with Crippen LogP contribution in [0.1, 0.15) is 73.8 Å². The van der Waals surface area contributed by atoms with Gasteiger partial charge in [0.1, 0.15) is 5.75 Å². The first-order valence-electron chi connectivity index (χ1n) is 14.9. The minimum atomic E-state index is -1.25. The number of nitrogens with zero attached hydrogens (tertiary/aromatic N) is 3. The second-order valence-corrected chi connectivity index (χ2v) is 12.6. The monoisotopic (exact) mass is 608 g/mol. The van der Waals surface area contributed by atoms with Crippen LogP contribution in [0.25, 0.3) is 5.52 Å². The Morgan fingerprint density at radius 1 is 1.23 bits per heavy atom. The molecule has 0 aliphatic carbocycles. The smallest absolute Gasteiger partial charge is 0.337 e. The maximum absolute atomic E-state index is 13.2. The summed E-state index contributed by atoms with van der Waals surface area (Å²) in [6, 6.07) is 8.37. The molecule has 3 heterocycles. The van der Waals surface area contributed by atoms with E-state index < -0.39 is 29.7 Å². The van der Waals surface area contributed by atoms with E-state index in [1.807, 2.05) is 27.7 Å². The number of aromatic hydroxyl groups is 1. The first-order valence-corrected chi connectivity index (χ1v) is 14.9. The fourth-order valence-corrected chi connectivity index (χ4v) is 5.53. The Bertz CT molecular complexity index is 1500. The zero-order chi connectivity index (χ0) is 32.2. The molecule has 1 fully saturated rings. The number of carbonyl (C=O) groups is 2. The highest BCUT2D eigenvalue weighted by Gasteiger charge is 2.37. The van der Waals surface area contributed by atoms with Gasteiger partial charge in [0, 0.05) is 37.8 Å². The van der Waals surface area contributed by atoms with Crippen LogP contribution < -0.4 is 10.2 Å². The number of hydrogen-bond donors (Lipinski definition) is 4. The van der Waals surface area contributed by atoms with Crippen molar-refractivity contribution in [2.45, 2.75) is 77.3 Å². The normalized spacial score (nSPS) is 16.5. The molecule has 0 saturated carbocycles. The molecule has 1 amide bonds. The number of carbonyl (C=O) groups excluding carboxylic acids is 1. The number of aliphatic hydroxyl groups is 1. The molecule has 2 unspecified atom stereocenters. The first-order chi connectivity index (χ1) is 20.7. The highest BCUT2D eigenvalue weighted by Crippen LogP contribution is 2.40. The molecule has 11 nitrogen and oxygen atoms in total. The summed E-state index contributed by atoms with van der Waals surface area (Å²) in [5.74, 6) is -1.52. The topological polar surface area (TPSA) is 146 Å². The van der Waals surface area contributed by atoms with Gasteiger partial charge in [-0.15, -0.1) is 6.58 Å². The second-order valence-electron chi connectivity index (χ2n) is 12.6. The van der Waals surface area contributed by atoms with Gasteiger partial charge in [-0.1, -0.05) is 24.3 Å². The molecule has 1 aliphatic rings. The summed E-state index contributed by atoms with van der Waals surface area (Å²) in [6.07, 6.45) is 2.83. The lowest BCUT2D eigenvalue weighted by Crippen LogP contribution is -2.45. The molecular formula is C33H44N4O7. The Morgan fingerprint density at radius 2 is 1.91 bits per heavy atom. The van der Waals surface area contributed by atoms with Crippen molar-refractivity contribution < 1.29 is 34.4 Å². The quantitative estimate of drug-likeness (QED) is 0.222. The lowest BCUT2D eigenvalue weighted by Gasteiger charge is -2.41. The highest BCUT2D eigenvalue weighted by atomic mass is 16.5. The van der Waals surface area contributed by atoms with Crippen molar-refractivity contribution in [2.24, 2.45) is 0 Å². The standard InChI is InChI=1S/C33H44N4O7/c1-7-16-43-33(6)12-14-36(15-13-33)28-25-18-24(30(40)34-19-23(38)17-22-10-8-9-11-26(22)39)35-37(25)20-21(2)27(28)29(31(41)42)44-32(3,4)5/h7-11,18,20,23,29,38-39H,1,12-17,19H2,2-6H3,(H,34,40)(H,41,42). The van der Waals surface area contributed by atoms with Gasteiger partial charge in [0.05, 0.1) is 35.1 Å². The number of ether oxygens (including phenoxy) is 2. The summed E-state index contributed by atoms with van der Waals surface area (Å²) in [5.41, 5.74) is 2.02. The molecule has 0 bridgehead atoms. The SMILES string of the molecule is C=CCOC1(C)CCN(c2c(C(OC(C)(C)C)C(=O)O)c(C)cn3nc(C(=O)NCC(O)Cc4ccccc4O)cc23)CC1. The highest BCUT2D eigenvalue weighted by molar-refractivity contribution is 5.95. The van der Waals surface area contributed by atoms with Crippen molar-refractivity contribution in [2.75, 3.05) is 31.1 Å². The van der Waals surface area contributed by atoms with Crippen LogP contribution in [0, 0.1) is 6.92 Å². The predicted octanol–water partition coefficient (Wildman–Crippen LogP) is 4.18. The van der Waals surface area contributed by atoms with E-state index >= 15 is 0 Å². The van der Waals surface area contributed by atoms with E-state index in [0.717, 1.165) is 0 Å². The third kappa shape index (κ3) is 7.77. The Morgan fingerprint density at radius 3 is 2.52 bits per heavy atom. The predicted molar refractivity (Wildman–Crippen MR) is 167 cm³/mol. The number of pyridine rings is 1. The van der Waals surface area contributed by atoms with Crippen molar-refractivity contribution in [1.82, 2.24) is 14.9 Å². The van der Waals surface area contributed by atoms with E-state index in [2.05, 4.69) is 28.8 Å². The number of nitrogens with one attached hydrogen (secondary N) is 1. The van der Waals surface area contributed by atoms with Crippen LogP contribution in [0.2, 0.25) is 0 Å². The number of aliphatic carboxylic acids is 1. The number of piperidine rings is 1. The molecule has 11 heteroatoms. The summed E-state index contributed by atoms with van der Waals surface area (Å²) in [4.78, 5) is 28.0. The van der Waals surface area contributed by atoms with E-state index in [0.29, 0.717) is 60.4 Å².